The van der Waals surface area contributed by atoms with Crippen molar-refractivity contribution in [2.24, 2.45) is 11.1 Å². The van der Waals surface area contributed by atoms with Crippen molar-refractivity contribution in [3.63, 3.8) is 0 Å². The Hall–Kier alpha value is -1.63. The van der Waals surface area contributed by atoms with Gasteiger partial charge in [-0.25, -0.2) is 9.67 Å². The maximum absolute atomic E-state index is 12.7. The van der Waals surface area contributed by atoms with E-state index in [1.807, 2.05) is 33.8 Å². The number of nitrogens with two attached hydrogens (primary N) is 1. The Morgan fingerprint density at radius 3 is 2.52 bits per heavy atom. The van der Waals surface area contributed by atoms with Crippen LogP contribution in [-0.4, -0.2) is 45.7 Å². The van der Waals surface area contributed by atoms with E-state index in [1.54, 1.807) is 28.8 Å². The molecule has 0 aliphatic rings. The Labute approximate surface area is 159 Å². The molecule has 2 rings (SSSR count). The van der Waals surface area contributed by atoms with Gasteiger partial charge in [-0.3, -0.25) is 4.79 Å². The average Bonchev–Trinajstić information content (AvgIpc) is 2.85. The van der Waals surface area contributed by atoms with E-state index >= 15 is 0 Å². The molecule has 1 amide bonds. The van der Waals surface area contributed by atoms with E-state index in [9.17, 15) is 4.79 Å². The van der Waals surface area contributed by atoms with Crippen molar-refractivity contribution in [1.29, 1.82) is 0 Å². The van der Waals surface area contributed by atoms with Crippen molar-refractivity contribution in [2.45, 2.75) is 27.7 Å². The number of aromatic nitrogens is 3. The molecule has 0 unspecified atom stereocenters. The second-order valence-electron chi connectivity index (χ2n) is 6.87. The number of carbonyl (C=O) groups excluding carboxylic acids is 1. The molecule has 2 N–H and O–H groups in total. The van der Waals surface area contributed by atoms with Gasteiger partial charge in [-0.15, -0.1) is 12.4 Å². The third kappa shape index (κ3) is 4.93. The van der Waals surface area contributed by atoms with Gasteiger partial charge in [-0.05, 0) is 44.0 Å². The van der Waals surface area contributed by atoms with Crippen LogP contribution in [0.25, 0.3) is 5.82 Å². The molecule has 138 valence electrons. The van der Waals surface area contributed by atoms with E-state index in [-0.39, 0.29) is 29.4 Å². The Balaban J connectivity index is 0.00000312. The van der Waals surface area contributed by atoms with E-state index in [2.05, 4.69) is 10.1 Å². The number of carbonyl (C=O) groups is 1. The molecule has 0 aliphatic heterocycles. The number of hydrogen-bond donors (Lipinski definition) is 1. The molecule has 0 radical (unpaired) electrons. The summed E-state index contributed by atoms with van der Waals surface area (Å²) < 4.78 is 1.70. The molecule has 6 nitrogen and oxygen atoms in total. The Bertz CT molecular complexity index is 757. The zero-order valence-corrected chi connectivity index (χ0v) is 16.8. The second kappa shape index (κ2) is 8.17. The quantitative estimate of drug-likeness (QED) is 0.857. The van der Waals surface area contributed by atoms with Crippen molar-refractivity contribution in [2.75, 3.05) is 20.1 Å². The van der Waals surface area contributed by atoms with Gasteiger partial charge >= 0.3 is 0 Å². The van der Waals surface area contributed by atoms with Gasteiger partial charge in [-0.2, -0.15) is 5.10 Å². The molecule has 8 heteroatoms. The predicted molar refractivity (Wildman–Crippen MR) is 103 cm³/mol. The fourth-order valence-electron chi connectivity index (χ4n) is 2.52. The molecular weight excluding hydrogens is 361 g/mol. The summed E-state index contributed by atoms with van der Waals surface area (Å²) in [6.07, 6.45) is 0. The van der Waals surface area contributed by atoms with E-state index in [1.165, 1.54) is 0 Å². The molecule has 0 atom stereocenters. The van der Waals surface area contributed by atoms with Crippen LogP contribution < -0.4 is 5.73 Å². The second-order valence-corrected chi connectivity index (χ2v) is 7.28. The Morgan fingerprint density at radius 2 is 2.00 bits per heavy atom. The molecule has 0 saturated heterocycles. The van der Waals surface area contributed by atoms with Crippen LogP contribution in [0.3, 0.4) is 0 Å². The minimum absolute atomic E-state index is 0. The van der Waals surface area contributed by atoms with Crippen molar-refractivity contribution in [3.05, 3.63) is 40.3 Å². The zero-order chi connectivity index (χ0) is 18.1. The zero-order valence-electron chi connectivity index (χ0n) is 15.2. The topological polar surface area (TPSA) is 77.0 Å². The van der Waals surface area contributed by atoms with Crippen molar-refractivity contribution in [3.8, 4) is 5.82 Å². The summed E-state index contributed by atoms with van der Waals surface area (Å²) in [6, 6.07) is 5.38. The summed E-state index contributed by atoms with van der Waals surface area (Å²) in [4.78, 5) is 18.8. The van der Waals surface area contributed by atoms with Crippen molar-refractivity contribution < 1.29 is 4.79 Å². The first-order valence-corrected chi connectivity index (χ1v) is 8.18. The van der Waals surface area contributed by atoms with Crippen molar-refractivity contribution in [1.82, 2.24) is 19.7 Å². The summed E-state index contributed by atoms with van der Waals surface area (Å²) in [5, 5.41) is 4.72. The molecular formula is C17H25Cl2N5O. The normalized spacial score (nSPS) is 11.2. The largest absolute Gasteiger partial charge is 0.340 e. The third-order valence-corrected chi connectivity index (χ3v) is 4.13. The molecule has 0 spiro atoms. The summed E-state index contributed by atoms with van der Waals surface area (Å²) in [7, 11) is 1.73. The number of nitrogens with zero attached hydrogens (tertiary/aromatic N) is 4. The van der Waals surface area contributed by atoms with Gasteiger partial charge in [0, 0.05) is 19.3 Å². The van der Waals surface area contributed by atoms with Gasteiger partial charge < -0.3 is 10.6 Å². The minimum atomic E-state index is -0.232. The van der Waals surface area contributed by atoms with Gasteiger partial charge in [0.1, 0.15) is 5.69 Å². The van der Waals surface area contributed by atoms with E-state index < -0.39 is 0 Å². The Kier molecular flexibility index (Phi) is 6.99. The average molecular weight is 386 g/mol. The van der Waals surface area contributed by atoms with E-state index in [4.69, 9.17) is 17.3 Å². The monoisotopic (exact) mass is 385 g/mol. The first-order chi connectivity index (χ1) is 11.1. The maximum atomic E-state index is 12.7. The number of amides is 1. The lowest BCUT2D eigenvalue weighted by molar-refractivity contribution is 0.0735. The van der Waals surface area contributed by atoms with Crippen LogP contribution in [0.15, 0.2) is 18.2 Å². The van der Waals surface area contributed by atoms with Gasteiger partial charge in [0.2, 0.25) is 0 Å². The molecule has 0 bridgehead atoms. The van der Waals surface area contributed by atoms with Crippen LogP contribution in [0.4, 0.5) is 0 Å². The van der Waals surface area contributed by atoms with E-state index in [0.717, 1.165) is 11.4 Å². The van der Waals surface area contributed by atoms with Crippen molar-refractivity contribution >= 4 is 29.9 Å². The summed E-state index contributed by atoms with van der Waals surface area (Å²) in [5.41, 5.74) is 7.63. The lowest BCUT2D eigenvalue weighted by atomic mass is 9.93. The fraction of sp³-hybridized carbons (Fsp3) is 0.471. The molecule has 0 aliphatic carbocycles. The van der Waals surface area contributed by atoms with E-state index in [0.29, 0.717) is 23.9 Å². The third-order valence-electron chi connectivity index (χ3n) is 3.82. The number of pyridine rings is 1. The van der Waals surface area contributed by atoms with Crippen LogP contribution in [0.2, 0.25) is 5.02 Å². The first kappa shape index (κ1) is 21.4. The molecule has 2 aromatic heterocycles. The lowest BCUT2D eigenvalue weighted by Gasteiger charge is -2.29. The first-order valence-electron chi connectivity index (χ1n) is 7.80. The summed E-state index contributed by atoms with van der Waals surface area (Å²) in [5.74, 6) is 0.338. The molecule has 0 fully saturated rings. The molecule has 25 heavy (non-hydrogen) atoms. The summed E-state index contributed by atoms with van der Waals surface area (Å²) >= 11 is 6.21. The van der Waals surface area contributed by atoms with Crippen LogP contribution in [0.5, 0.6) is 0 Å². The lowest BCUT2D eigenvalue weighted by Crippen LogP contribution is -2.40. The standard InChI is InChI=1S/C17H24ClN5O.ClH/c1-11-8-12(2)23(21-11)14-7-6-13(18)15(20-14)16(24)22(5)10-17(3,4)9-19;/h6-8H,9-10,19H2,1-5H3;1H. The van der Waals surface area contributed by atoms with Gasteiger partial charge in [0.05, 0.1) is 10.7 Å². The van der Waals surface area contributed by atoms with Crippen LogP contribution in [0, 0.1) is 19.3 Å². The molecule has 0 saturated carbocycles. The number of aryl methyl sites for hydroxylation is 2. The highest BCUT2D eigenvalue weighted by Gasteiger charge is 2.24. The highest BCUT2D eigenvalue weighted by atomic mass is 35.5. The SMILES string of the molecule is Cc1cc(C)n(-c2ccc(Cl)c(C(=O)N(C)CC(C)(C)CN)n2)n1.Cl. The van der Waals surface area contributed by atoms with Crippen LogP contribution in [-0.2, 0) is 0 Å². The molecule has 2 heterocycles. The van der Waals surface area contributed by atoms with Gasteiger partial charge in [0.15, 0.2) is 5.82 Å². The molecule has 2 aromatic rings. The number of halogens is 2. The van der Waals surface area contributed by atoms with Gasteiger partial charge in [0.25, 0.3) is 5.91 Å². The smallest absolute Gasteiger partial charge is 0.273 e. The minimum Gasteiger partial charge on any atom is -0.340 e. The van der Waals surface area contributed by atoms with Gasteiger partial charge in [-0.1, -0.05) is 25.4 Å². The number of rotatable bonds is 5. The fourth-order valence-corrected chi connectivity index (χ4v) is 2.71. The summed E-state index contributed by atoms with van der Waals surface area (Å²) in [6.45, 7) is 8.88. The van der Waals surface area contributed by atoms with Crippen LogP contribution >= 0.6 is 24.0 Å². The highest BCUT2D eigenvalue weighted by Crippen LogP contribution is 2.21. The van der Waals surface area contributed by atoms with Crippen LogP contribution in [0.1, 0.15) is 35.7 Å². The number of hydrogen-bond acceptors (Lipinski definition) is 4. The maximum Gasteiger partial charge on any atom is 0.273 e. The highest BCUT2D eigenvalue weighted by molar-refractivity contribution is 6.33. The molecule has 0 aromatic carbocycles. The Morgan fingerprint density at radius 1 is 1.36 bits per heavy atom. The predicted octanol–water partition coefficient (Wildman–Crippen LogP) is 3.02.